The molecular formula is C13H12N4O2S. The lowest BCUT2D eigenvalue weighted by molar-refractivity contribution is 0.597. The van der Waals surface area contributed by atoms with Gasteiger partial charge in [-0.05, 0) is 29.8 Å². The molecule has 1 aromatic heterocycles. The molecule has 0 fully saturated rings. The van der Waals surface area contributed by atoms with Crippen molar-refractivity contribution in [2.75, 3.05) is 10.6 Å². The van der Waals surface area contributed by atoms with Crippen LogP contribution in [0.3, 0.4) is 0 Å². The number of anilines is 2. The number of nitrogens with two attached hydrogens (primary N) is 1. The monoisotopic (exact) mass is 288 g/mol. The Bertz CT molecular complexity index is 786. The summed E-state index contributed by atoms with van der Waals surface area (Å²) in [5.74, 6) is 0.428. The van der Waals surface area contributed by atoms with E-state index in [1.54, 1.807) is 41.4 Å². The Morgan fingerprint density at radius 3 is 2.80 bits per heavy atom. The number of nitrogen functional groups attached to an aromatic ring is 1. The molecule has 0 atom stereocenters. The van der Waals surface area contributed by atoms with Crippen molar-refractivity contribution in [2.45, 2.75) is 11.4 Å². The normalized spacial score (nSPS) is 15.9. The van der Waals surface area contributed by atoms with Crippen molar-refractivity contribution < 1.29 is 8.42 Å². The van der Waals surface area contributed by atoms with Gasteiger partial charge >= 0.3 is 0 Å². The summed E-state index contributed by atoms with van der Waals surface area (Å²) in [5, 5.41) is 0. The van der Waals surface area contributed by atoms with Gasteiger partial charge in [0.05, 0.1) is 5.69 Å². The molecule has 6 nitrogen and oxygen atoms in total. The minimum atomic E-state index is -3.58. The molecule has 0 bridgehead atoms. The first-order valence-electron chi connectivity index (χ1n) is 5.93. The Morgan fingerprint density at radius 2 is 2.00 bits per heavy atom. The van der Waals surface area contributed by atoms with Crippen LogP contribution in [0.2, 0.25) is 0 Å². The van der Waals surface area contributed by atoms with E-state index in [1.807, 2.05) is 6.07 Å². The predicted molar refractivity (Wildman–Crippen MR) is 77.0 cm³/mol. The maximum absolute atomic E-state index is 11.9. The van der Waals surface area contributed by atoms with Crippen molar-refractivity contribution in [2.24, 2.45) is 4.40 Å². The first-order valence-corrected chi connectivity index (χ1v) is 7.37. The molecule has 0 unspecified atom stereocenters. The third-order valence-corrected chi connectivity index (χ3v) is 4.25. The second-order valence-corrected chi connectivity index (χ2v) is 5.98. The molecular weight excluding hydrogens is 276 g/mol. The predicted octanol–water partition coefficient (Wildman–Crippen LogP) is 1.40. The quantitative estimate of drug-likeness (QED) is 0.902. The van der Waals surface area contributed by atoms with Crippen molar-refractivity contribution >= 4 is 27.9 Å². The molecule has 0 aliphatic carbocycles. The molecule has 0 amide bonds. The molecule has 1 aliphatic heterocycles. The molecule has 2 heterocycles. The number of pyridine rings is 1. The number of aromatic nitrogens is 1. The second-order valence-electron chi connectivity index (χ2n) is 4.38. The first-order chi connectivity index (χ1) is 9.56. The zero-order chi connectivity index (χ0) is 14.2. The van der Waals surface area contributed by atoms with Gasteiger partial charge in [0.25, 0.3) is 10.0 Å². The number of para-hydroxylation sites is 1. The van der Waals surface area contributed by atoms with Gasteiger partial charge < -0.3 is 10.6 Å². The van der Waals surface area contributed by atoms with Crippen LogP contribution in [0.25, 0.3) is 0 Å². The Kier molecular flexibility index (Phi) is 2.90. The van der Waals surface area contributed by atoms with Crippen molar-refractivity contribution in [3.05, 3.63) is 48.2 Å². The molecule has 7 heteroatoms. The summed E-state index contributed by atoms with van der Waals surface area (Å²) in [7, 11) is -3.58. The van der Waals surface area contributed by atoms with Gasteiger partial charge in [0, 0.05) is 12.7 Å². The molecule has 0 radical (unpaired) electrons. The molecule has 2 N–H and O–H groups in total. The minimum Gasteiger partial charge on any atom is -0.384 e. The van der Waals surface area contributed by atoms with Crippen LogP contribution in [-0.2, 0) is 16.6 Å². The lowest BCUT2D eigenvalue weighted by Gasteiger charge is -2.25. The average molecular weight is 288 g/mol. The number of hydrogen-bond donors (Lipinski definition) is 1. The van der Waals surface area contributed by atoms with Gasteiger partial charge in [-0.3, -0.25) is 0 Å². The van der Waals surface area contributed by atoms with E-state index >= 15 is 0 Å². The number of benzene rings is 1. The molecule has 0 saturated heterocycles. The zero-order valence-corrected chi connectivity index (χ0v) is 11.3. The van der Waals surface area contributed by atoms with Gasteiger partial charge in [0.1, 0.15) is 17.1 Å². The largest absolute Gasteiger partial charge is 0.384 e. The molecule has 0 spiro atoms. The van der Waals surface area contributed by atoms with Gasteiger partial charge in [-0.1, -0.05) is 12.1 Å². The van der Waals surface area contributed by atoms with Crippen LogP contribution in [0.1, 0.15) is 5.56 Å². The number of hydrogen-bond acceptors (Lipinski definition) is 5. The first kappa shape index (κ1) is 12.6. The fourth-order valence-corrected chi connectivity index (χ4v) is 3.12. The van der Waals surface area contributed by atoms with Gasteiger partial charge in [-0.25, -0.2) is 4.98 Å². The van der Waals surface area contributed by atoms with E-state index in [2.05, 4.69) is 9.38 Å². The lowest BCUT2D eigenvalue weighted by atomic mass is 10.2. The summed E-state index contributed by atoms with van der Waals surface area (Å²) in [4.78, 5) is 5.91. The summed E-state index contributed by atoms with van der Waals surface area (Å²) in [6.07, 6.45) is 2.95. The van der Waals surface area contributed by atoms with Crippen molar-refractivity contribution in [3.8, 4) is 0 Å². The van der Waals surface area contributed by atoms with Gasteiger partial charge in [-0.15, -0.1) is 4.40 Å². The third-order valence-electron chi connectivity index (χ3n) is 2.98. The Balaban J connectivity index is 2.00. The van der Waals surface area contributed by atoms with E-state index in [1.165, 1.54) is 6.34 Å². The Labute approximate surface area is 116 Å². The van der Waals surface area contributed by atoms with Gasteiger partial charge in [0.2, 0.25) is 0 Å². The van der Waals surface area contributed by atoms with E-state index in [9.17, 15) is 8.42 Å². The number of sulfonamides is 1. The molecule has 0 saturated carbocycles. The van der Waals surface area contributed by atoms with Crippen molar-refractivity contribution in [3.63, 3.8) is 0 Å². The highest BCUT2D eigenvalue weighted by Crippen LogP contribution is 2.30. The van der Waals surface area contributed by atoms with Crippen molar-refractivity contribution in [1.82, 2.24) is 4.98 Å². The second kappa shape index (κ2) is 4.61. The zero-order valence-electron chi connectivity index (χ0n) is 10.5. The average Bonchev–Trinajstić information content (AvgIpc) is 2.43. The topological polar surface area (TPSA) is 88.6 Å². The number of nitrogens with zero attached hydrogens (tertiary/aromatic N) is 3. The van der Waals surface area contributed by atoms with E-state index in [4.69, 9.17) is 5.73 Å². The van der Waals surface area contributed by atoms with Gasteiger partial charge in [-0.2, -0.15) is 8.42 Å². The molecule has 2 aromatic rings. The highest BCUT2D eigenvalue weighted by atomic mass is 32.2. The maximum Gasteiger partial charge on any atom is 0.285 e. The van der Waals surface area contributed by atoms with Crippen LogP contribution < -0.4 is 10.6 Å². The van der Waals surface area contributed by atoms with Gasteiger partial charge in [0.15, 0.2) is 0 Å². The SMILES string of the molecule is Nc1cc(CN2C=NS(=O)(=O)c3ccccc32)ccn1. The highest BCUT2D eigenvalue weighted by molar-refractivity contribution is 7.90. The molecule has 1 aliphatic rings. The van der Waals surface area contributed by atoms with Crippen LogP contribution in [-0.4, -0.2) is 19.7 Å². The van der Waals surface area contributed by atoms with Crippen LogP contribution in [0.5, 0.6) is 0 Å². The smallest absolute Gasteiger partial charge is 0.285 e. The third kappa shape index (κ3) is 2.23. The Hall–Kier alpha value is -2.41. The van der Waals surface area contributed by atoms with Crippen LogP contribution in [0.15, 0.2) is 51.9 Å². The van der Waals surface area contributed by atoms with Crippen LogP contribution in [0.4, 0.5) is 11.5 Å². The summed E-state index contributed by atoms with van der Waals surface area (Å²) in [6.45, 7) is 0.475. The fourth-order valence-electron chi connectivity index (χ4n) is 2.07. The molecule has 3 rings (SSSR count). The van der Waals surface area contributed by atoms with E-state index in [0.717, 1.165) is 5.56 Å². The van der Waals surface area contributed by atoms with E-state index in [-0.39, 0.29) is 4.90 Å². The highest BCUT2D eigenvalue weighted by Gasteiger charge is 2.24. The molecule has 20 heavy (non-hydrogen) atoms. The maximum atomic E-state index is 11.9. The summed E-state index contributed by atoms with van der Waals surface area (Å²) >= 11 is 0. The molecule has 102 valence electrons. The summed E-state index contributed by atoms with van der Waals surface area (Å²) in [5.41, 5.74) is 7.18. The van der Waals surface area contributed by atoms with Crippen LogP contribution >= 0.6 is 0 Å². The van der Waals surface area contributed by atoms with Crippen molar-refractivity contribution in [1.29, 1.82) is 0 Å². The lowest BCUT2D eigenvalue weighted by Crippen LogP contribution is -2.26. The summed E-state index contributed by atoms with van der Waals surface area (Å²) < 4.78 is 27.4. The van der Waals surface area contributed by atoms with E-state index in [0.29, 0.717) is 18.1 Å². The fraction of sp³-hybridized carbons (Fsp3) is 0.0769. The standard InChI is InChI=1S/C13H12N4O2S/c14-13-7-10(5-6-15-13)8-17-9-16-20(18,19)12-4-2-1-3-11(12)17/h1-7,9H,8H2,(H2,14,15). The number of fused-ring (bicyclic) bond motifs is 1. The van der Waals surface area contributed by atoms with E-state index < -0.39 is 10.0 Å². The molecule has 1 aromatic carbocycles. The summed E-state index contributed by atoms with van der Waals surface area (Å²) in [6, 6.07) is 10.4. The Morgan fingerprint density at radius 1 is 1.20 bits per heavy atom. The number of rotatable bonds is 2. The minimum absolute atomic E-state index is 0.213. The van der Waals surface area contributed by atoms with Crippen LogP contribution in [0, 0.1) is 0 Å².